The van der Waals surface area contributed by atoms with Crippen molar-refractivity contribution in [3.8, 4) is 0 Å². The van der Waals surface area contributed by atoms with Crippen LogP contribution in [0.15, 0.2) is 47.5 Å². The molecule has 2 amide bonds. The lowest BCUT2D eigenvalue weighted by Gasteiger charge is -2.20. The molecule has 1 unspecified atom stereocenters. The van der Waals surface area contributed by atoms with E-state index in [1.165, 1.54) is 15.3 Å². The molecule has 37 heavy (non-hydrogen) atoms. The van der Waals surface area contributed by atoms with Gasteiger partial charge < -0.3 is 19.4 Å². The Morgan fingerprint density at radius 2 is 2.00 bits per heavy atom. The van der Waals surface area contributed by atoms with Crippen molar-refractivity contribution < 1.29 is 19.1 Å². The second-order valence-electron chi connectivity index (χ2n) is 9.29. The lowest BCUT2D eigenvalue weighted by molar-refractivity contribution is -0.108. The van der Waals surface area contributed by atoms with E-state index in [1.54, 1.807) is 64.2 Å². The van der Waals surface area contributed by atoms with Gasteiger partial charge in [-0.15, -0.1) is 5.10 Å². The van der Waals surface area contributed by atoms with Crippen molar-refractivity contribution in [3.05, 3.63) is 69.4 Å². The molecule has 4 aromatic rings. The molecule has 11 nitrogen and oxygen atoms in total. The van der Waals surface area contributed by atoms with E-state index in [-0.39, 0.29) is 34.0 Å². The predicted octanol–water partition coefficient (Wildman–Crippen LogP) is 3.73. The number of aromatic nitrogens is 4. The summed E-state index contributed by atoms with van der Waals surface area (Å²) >= 11 is 6.24. The van der Waals surface area contributed by atoms with Crippen LogP contribution >= 0.6 is 11.6 Å². The number of nitrogens with one attached hydrogen (secondary N) is 2. The van der Waals surface area contributed by atoms with Gasteiger partial charge in [0.05, 0.1) is 23.0 Å². The number of nitrogens with zero attached hydrogens (tertiary/aromatic N) is 4. The number of carbonyl (C=O) groups excluding carboxylic acids is 3. The molecule has 0 aliphatic heterocycles. The van der Waals surface area contributed by atoms with Crippen LogP contribution in [0.3, 0.4) is 0 Å². The maximum absolute atomic E-state index is 13.5. The zero-order valence-corrected chi connectivity index (χ0v) is 21.4. The molecule has 4 rings (SSSR count). The van der Waals surface area contributed by atoms with Crippen molar-refractivity contribution in [2.24, 2.45) is 0 Å². The Balaban J connectivity index is 1.73. The number of halogens is 1. The number of hydrogen-bond acceptors (Lipinski definition) is 7. The van der Waals surface area contributed by atoms with Crippen LogP contribution in [0.25, 0.3) is 16.4 Å². The number of amides is 2. The Bertz CT molecular complexity index is 1590. The Kier molecular flexibility index (Phi) is 6.99. The lowest BCUT2D eigenvalue weighted by atomic mass is 10.1. The SMILES string of the molecule is CC(NC(=O)c1c(NC(=O)OC(C)(C)C)nn2cccnc12)c1cc2cccc(Cl)c2c(=O)n1CC=O. The van der Waals surface area contributed by atoms with Crippen molar-refractivity contribution in [2.45, 2.75) is 45.9 Å². The normalized spacial score (nSPS) is 12.4. The zero-order chi connectivity index (χ0) is 26.9. The lowest BCUT2D eigenvalue weighted by Crippen LogP contribution is -2.33. The molecule has 0 bridgehead atoms. The Morgan fingerprint density at radius 3 is 2.70 bits per heavy atom. The second-order valence-corrected chi connectivity index (χ2v) is 9.70. The second kappa shape index (κ2) is 10.0. The molecule has 0 saturated heterocycles. The topological polar surface area (TPSA) is 137 Å². The van der Waals surface area contributed by atoms with Gasteiger partial charge in [0, 0.05) is 18.1 Å². The van der Waals surface area contributed by atoms with Crippen molar-refractivity contribution in [1.29, 1.82) is 0 Å². The van der Waals surface area contributed by atoms with E-state index in [9.17, 15) is 19.2 Å². The smallest absolute Gasteiger partial charge is 0.413 e. The number of aldehydes is 1. The quantitative estimate of drug-likeness (QED) is 0.366. The number of hydrogen-bond donors (Lipinski definition) is 2. The molecule has 0 radical (unpaired) electrons. The molecule has 3 aromatic heterocycles. The predicted molar refractivity (Wildman–Crippen MR) is 138 cm³/mol. The van der Waals surface area contributed by atoms with Crippen LogP contribution in [0.4, 0.5) is 10.6 Å². The number of rotatable bonds is 6. The molecule has 12 heteroatoms. The fourth-order valence-electron chi connectivity index (χ4n) is 3.92. The average molecular weight is 525 g/mol. The van der Waals surface area contributed by atoms with Gasteiger partial charge in [0.15, 0.2) is 11.5 Å². The monoisotopic (exact) mass is 524 g/mol. The van der Waals surface area contributed by atoms with Crippen LogP contribution in [0.5, 0.6) is 0 Å². The van der Waals surface area contributed by atoms with Crippen LogP contribution < -0.4 is 16.2 Å². The zero-order valence-electron chi connectivity index (χ0n) is 20.6. The summed E-state index contributed by atoms with van der Waals surface area (Å²) in [6.45, 7) is 6.58. The van der Waals surface area contributed by atoms with E-state index >= 15 is 0 Å². The summed E-state index contributed by atoms with van der Waals surface area (Å²) in [5.74, 6) is -0.656. The van der Waals surface area contributed by atoms with Gasteiger partial charge in [0.1, 0.15) is 17.5 Å². The average Bonchev–Trinajstić information content (AvgIpc) is 3.17. The first-order valence-electron chi connectivity index (χ1n) is 11.4. The van der Waals surface area contributed by atoms with E-state index in [0.29, 0.717) is 17.4 Å². The summed E-state index contributed by atoms with van der Waals surface area (Å²) in [6, 6.07) is 7.63. The summed E-state index contributed by atoms with van der Waals surface area (Å²) in [4.78, 5) is 54.7. The fraction of sp³-hybridized carbons (Fsp3) is 0.280. The van der Waals surface area contributed by atoms with Gasteiger partial charge in [-0.25, -0.2) is 14.3 Å². The largest absolute Gasteiger partial charge is 0.444 e. The minimum absolute atomic E-state index is 0.00595. The number of pyridine rings is 1. The van der Waals surface area contributed by atoms with Gasteiger partial charge >= 0.3 is 6.09 Å². The molecule has 0 fully saturated rings. The highest BCUT2D eigenvalue weighted by molar-refractivity contribution is 6.35. The molecular weight excluding hydrogens is 500 g/mol. The summed E-state index contributed by atoms with van der Waals surface area (Å²) < 4.78 is 7.91. The van der Waals surface area contributed by atoms with Gasteiger partial charge in [-0.05, 0) is 51.3 Å². The summed E-state index contributed by atoms with van der Waals surface area (Å²) in [5, 5.41) is 10.7. The van der Waals surface area contributed by atoms with Gasteiger partial charge in [-0.2, -0.15) is 0 Å². The highest BCUT2D eigenvalue weighted by Gasteiger charge is 2.27. The standard InChI is InChI=1S/C25H25ClN6O5/c1-14(17-13-15-7-5-8-16(26)18(15)23(35)31(17)11-12-33)28-22(34)19-20(29-24(36)37-25(2,3)4)30-32-10-6-9-27-21(19)32/h5-10,12-14H,11H2,1-4H3,(H,28,34)(H,29,30,36). The number of fused-ring (bicyclic) bond motifs is 2. The highest BCUT2D eigenvalue weighted by atomic mass is 35.5. The first-order valence-corrected chi connectivity index (χ1v) is 11.8. The Hall–Kier alpha value is -4.25. The number of benzene rings is 1. The molecule has 192 valence electrons. The minimum Gasteiger partial charge on any atom is -0.444 e. The first-order chi connectivity index (χ1) is 17.5. The maximum atomic E-state index is 13.5. The molecule has 2 N–H and O–H groups in total. The van der Waals surface area contributed by atoms with Crippen LogP contribution in [0.1, 0.15) is 49.8 Å². The Labute approximate surface area is 216 Å². The van der Waals surface area contributed by atoms with E-state index in [4.69, 9.17) is 16.3 Å². The van der Waals surface area contributed by atoms with Crippen LogP contribution in [-0.2, 0) is 16.1 Å². The van der Waals surface area contributed by atoms with E-state index in [1.807, 2.05) is 0 Å². The molecule has 0 saturated carbocycles. The summed E-state index contributed by atoms with van der Waals surface area (Å²) in [7, 11) is 0. The summed E-state index contributed by atoms with van der Waals surface area (Å²) in [5.41, 5.74) is -0.609. The molecule has 1 aromatic carbocycles. The van der Waals surface area contributed by atoms with Crippen molar-refractivity contribution in [2.75, 3.05) is 5.32 Å². The number of carbonyl (C=O) groups is 3. The van der Waals surface area contributed by atoms with Gasteiger partial charge in [-0.1, -0.05) is 23.7 Å². The van der Waals surface area contributed by atoms with Gasteiger partial charge in [0.25, 0.3) is 11.5 Å². The molecule has 0 aliphatic rings. The maximum Gasteiger partial charge on any atom is 0.413 e. The molecule has 0 spiro atoms. The van der Waals surface area contributed by atoms with Gasteiger partial charge in [-0.3, -0.25) is 14.9 Å². The van der Waals surface area contributed by atoms with Crippen LogP contribution in [-0.4, -0.2) is 43.1 Å². The number of anilines is 1. The van der Waals surface area contributed by atoms with Crippen molar-refractivity contribution in [3.63, 3.8) is 0 Å². The van der Waals surface area contributed by atoms with Crippen molar-refractivity contribution in [1.82, 2.24) is 24.5 Å². The molecule has 1 atom stereocenters. The molecule has 0 aliphatic carbocycles. The highest BCUT2D eigenvalue weighted by Crippen LogP contribution is 2.25. The molecular formula is C25H25ClN6O5. The third-order valence-corrected chi connectivity index (χ3v) is 5.72. The Morgan fingerprint density at radius 1 is 1.24 bits per heavy atom. The van der Waals surface area contributed by atoms with E-state index < -0.39 is 29.2 Å². The van der Waals surface area contributed by atoms with Gasteiger partial charge in [0.2, 0.25) is 0 Å². The van der Waals surface area contributed by atoms with Crippen molar-refractivity contribution >= 4 is 52.1 Å². The minimum atomic E-state index is -0.788. The summed E-state index contributed by atoms with van der Waals surface area (Å²) in [6.07, 6.45) is 2.88. The van der Waals surface area contributed by atoms with E-state index in [0.717, 1.165) is 0 Å². The van der Waals surface area contributed by atoms with Crippen LogP contribution in [0.2, 0.25) is 5.02 Å². The first kappa shape index (κ1) is 25.8. The fourth-order valence-corrected chi connectivity index (χ4v) is 4.19. The number of ether oxygens (including phenoxy) is 1. The van der Waals surface area contributed by atoms with E-state index in [2.05, 4.69) is 20.7 Å². The third kappa shape index (κ3) is 5.31. The third-order valence-electron chi connectivity index (χ3n) is 5.41. The molecule has 3 heterocycles. The van der Waals surface area contributed by atoms with Crippen LogP contribution in [0, 0.1) is 0 Å².